The second kappa shape index (κ2) is 9.90. The van der Waals surface area contributed by atoms with Crippen molar-refractivity contribution in [1.29, 1.82) is 0 Å². The Bertz CT molecular complexity index is 1370. The van der Waals surface area contributed by atoms with E-state index in [-0.39, 0.29) is 0 Å². The molecule has 0 atom stereocenters. The zero-order valence-corrected chi connectivity index (χ0v) is 21.0. The Morgan fingerprint density at radius 2 is 1.86 bits per heavy atom. The Morgan fingerprint density at radius 1 is 1.00 bits per heavy atom. The van der Waals surface area contributed by atoms with Crippen LogP contribution in [0.1, 0.15) is 61.0 Å². The second-order valence-corrected chi connectivity index (χ2v) is 10.2. The lowest BCUT2D eigenvalue weighted by Crippen LogP contribution is -2.34. The number of benzene rings is 2. The number of aryl methyl sites for hydroxylation is 2. The van der Waals surface area contributed by atoms with Crippen molar-refractivity contribution in [3.8, 4) is 17.1 Å². The zero-order valence-electron chi connectivity index (χ0n) is 21.0. The van der Waals surface area contributed by atoms with Crippen LogP contribution in [0.15, 0.2) is 42.5 Å². The molecule has 0 radical (unpaired) electrons. The molecule has 4 aromatic rings. The summed E-state index contributed by atoms with van der Waals surface area (Å²) in [5.74, 6) is 1.23. The van der Waals surface area contributed by atoms with E-state index in [1.807, 2.05) is 6.92 Å². The Kier molecular flexibility index (Phi) is 6.32. The summed E-state index contributed by atoms with van der Waals surface area (Å²) in [5.41, 5.74) is 14.1. The van der Waals surface area contributed by atoms with E-state index in [0.29, 0.717) is 36.5 Å². The molecule has 0 unspecified atom stereocenters. The van der Waals surface area contributed by atoms with Gasteiger partial charge < -0.3 is 20.4 Å². The standard InChI is InChI=1S/C29H34N6O/c1-19-32-26-27(30)33-29-34-28(26)35(19)18-21-11-14-25(23(16-21)6-3-2-4-15-36-29)22-12-9-20(10-13-22)17-31-24-7-5-8-24/h9-14,16,24,31H,2-8,15,17-18H2,1H3,(H2,30,33,34). The van der Waals surface area contributed by atoms with Gasteiger partial charge in [-0.3, -0.25) is 0 Å². The molecule has 0 saturated heterocycles. The van der Waals surface area contributed by atoms with E-state index in [4.69, 9.17) is 10.5 Å². The van der Waals surface area contributed by atoms with E-state index in [0.717, 1.165) is 43.7 Å². The third-order valence-corrected chi connectivity index (χ3v) is 7.59. The maximum absolute atomic E-state index is 6.20. The molecule has 4 bridgehead atoms. The van der Waals surface area contributed by atoms with E-state index in [1.54, 1.807) is 0 Å². The number of anilines is 1. The largest absolute Gasteiger partial charge is 0.463 e. The molecule has 36 heavy (non-hydrogen) atoms. The smallest absolute Gasteiger partial charge is 0.320 e. The monoisotopic (exact) mass is 482 g/mol. The van der Waals surface area contributed by atoms with Gasteiger partial charge in [-0.1, -0.05) is 48.9 Å². The first-order chi connectivity index (χ1) is 17.6. The van der Waals surface area contributed by atoms with E-state index in [2.05, 4.69) is 67.3 Å². The number of nitrogen functional groups attached to an aromatic ring is 1. The molecular weight excluding hydrogens is 448 g/mol. The molecule has 3 heterocycles. The molecule has 2 aromatic carbocycles. The van der Waals surface area contributed by atoms with Gasteiger partial charge in [0.15, 0.2) is 17.0 Å². The fourth-order valence-electron chi connectivity index (χ4n) is 5.21. The Balaban J connectivity index is 1.31. The highest BCUT2D eigenvalue weighted by Gasteiger charge is 2.18. The average molecular weight is 483 g/mol. The molecule has 1 aliphatic heterocycles. The lowest BCUT2D eigenvalue weighted by atomic mass is 9.92. The molecule has 186 valence electrons. The molecule has 2 aromatic heterocycles. The number of aromatic nitrogens is 4. The summed E-state index contributed by atoms with van der Waals surface area (Å²) in [5, 5.41) is 3.66. The van der Waals surface area contributed by atoms with Gasteiger partial charge in [0.2, 0.25) is 0 Å². The van der Waals surface area contributed by atoms with Crippen LogP contribution >= 0.6 is 0 Å². The molecule has 0 spiro atoms. The summed E-state index contributed by atoms with van der Waals surface area (Å²) in [4.78, 5) is 13.6. The molecule has 7 nitrogen and oxygen atoms in total. The highest BCUT2D eigenvalue weighted by Crippen LogP contribution is 2.29. The minimum absolute atomic E-state index is 0.334. The number of hydrogen-bond donors (Lipinski definition) is 2. The van der Waals surface area contributed by atoms with E-state index < -0.39 is 0 Å². The summed E-state index contributed by atoms with van der Waals surface area (Å²) < 4.78 is 7.96. The van der Waals surface area contributed by atoms with E-state index >= 15 is 0 Å². The van der Waals surface area contributed by atoms with Crippen LogP contribution in [0.4, 0.5) is 5.82 Å². The first kappa shape index (κ1) is 23.0. The summed E-state index contributed by atoms with van der Waals surface area (Å²) in [7, 11) is 0. The Morgan fingerprint density at radius 3 is 2.67 bits per heavy atom. The van der Waals surface area contributed by atoms with Crippen molar-refractivity contribution in [3.05, 3.63) is 65.0 Å². The van der Waals surface area contributed by atoms with Crippen LogP contribution in [-0.2, 0) is 19.5 Å². The minimum Gasteiger partial charge on any atom is -0.463 e. The van der Waals surface area contributed by atoms with Crippen LogP contribution in [0.25, 0.3) is 22.3 Å². The van der Waals surface area contributed by atoms with Crippen molar-refractivity contribution in [3.63, 3.8) is 0 Å². The predicted octanol–water partition coefficient (Wildman–Crippen LogP) is 5.18. The van der Waals surface area contributed by atoms with Gasteiger partial charge in [0.1, 0.15) is 5.82 Å². The lowest BCUT2D eigenvalue weighted by Gasteiger charge is -2.26. The molecule has 1 aliphatic carbocycles. The van der Waals surface area contributed by atoms with Crippen molar-refractivity contribution in [2.75, 3.05) is 12.3 Å². The molecule has 3 N–H and O–H groups in total. The van der Waals surface area contributed by atoms with E-state index in [1.165, 1.54) is 47.1 Å². The average Bonchev–Trinajstić information content (AvgIpc) is 3.16. The van der Waals surface area contributed by atoms with Crippen molar-refractivity contribution in [1.82, 2.24) is 24.8 Å². The molecule has 6 rings (SSSR count). The van der Waals surface area contributed by atoms with E-state index in [9.17, 15) is 0 Å². The molecular formula is C29H34N6O. The number of ether oxygens (including phenoxy) is 1. The van der Waals surface area contributed by atoms with Gasteiger partial charge in [-0.2, -0.15) is 9.97 Å². The summed E-state index contributed by atoms with van der Waals surface area (Å²) in [6.45, 7) is 4.20. The predicted molar refractivity (Wildman–Crippen MR) is 143 cm³/mol. The van der Waals surface area contributed by atoms with Crippen LogP contribution in [0.3, 0.4) is 0 Å². The fraction of sp³-hybridized carbons (Fsp3) is 0.414. The first-order valence-corrected chi connectivity index (χ1v) is 13.2. The molecule has 1 fully saturated rings. The molecule has 0 amide bonds. The topological polar surface area (TPSA) is 90.9 Å². The molecule has 7 heteroatoms. The van der Waals surface area contributed by atoms with Gasteiger partial charge in [0.25, 0.3) is 0 Å². The molecule has 1 saturated carbocycles. The van der Waals surface area contributed by atoms with Gasteiger partial charge in [-0.25, -0.2) is 4.98 Å². The normalized spacial score (nSPS) is 16.5. The Labute approximate surface area is 212 Å². The van der Waals surface area contributed by atoms with Crippen LogP contribution in [-0.4, -0.2) is 32.2 Å². The van der Waals surface area contributed by atoms with Gasteiger partial charge in [0.05, 0.1) is 13.2 Å². The van der Waals surface area contributed by atoms with Crippen molar-refractivity contribution < 1.29 is 4.74 Å². The van der Waals surface area contributed by atoms with Crippen LogP contribution in [0.5, 0.6) is 6.01 Å². The molecule has 2 aliphatic rings. The number of hydrogen-bond acceptors (Lipinski definition) is 6. The third kappa shape index (κ3) is 4.67. The highest BCUT2D eigenvalue weighted by molar-refractivity contribution is 5.82. The van der Waals surface area contributed by atoms with Crippen LogP contribution in [0, 0.1) is 6.92 Å². The minimum atomic E-state index is 0.334. The van der Waals surface area contributed by atoms with Gasteiger partial charge in [-0.15, -0.1) is 0 Å². The van der Waals surface area contributed by atoms with Gasteiger partial charge in [0, 0.05) is 12.6 Å². The van der Waals surface area contributed by atoms with Gasteiger partial charge >= 0.3 is 6.01 Å². The summed E-state index contributed by atoms with van der Waals surface area (Å²) in [6, 6.07) is 17.0. The SMILES string of the molecule is Cc1nc2c(N)nc3nc2n1Cc1ccc(-c2ccc(CNC4CCC4)cc2)c(c1)CCCCCO3. The quantitative estimate of drug-likeness (QED) is 0.417. The zero-order chi connectivity index (χ0) is 24.5. The number of nitrogens with two attached hydrogens (primary N) is 1. The van der Waals surface area contributed by atoms with Gasteiger partial charge in [-0.05, 0) is 73.3 Å². The first-order valence-electron chi connectivity index (χ1n) is 13.2. The van der Waals surface area contributed by atoms with Crippen molar-refractivity contribution in [2.45, 2.75) is 71.0 Å². The van der Waals surface area contributed by atoms with Crippen LogP contribution < -0.4 is 15.8 Å². The number of imidazole rings is 1. The maximum atomic E-state index is 6.20. The van der Waals surface area contributed by atoms with Crippen LogP contribution in [0.2, 0.25) is 0 Å². The highest BCUT2D eigenvalue weighted by atomic mass is 16.5. The number of fused-ring (bicyclic) bond motifs is 3. The maximum Gasteiger partial charge on any atom is 0.320 e. The lowest BCUT2D eigenvalue weighted by molar-refractivity contribution is 0.283. The Hall–Kier alpha value is -3.45. The third-order valence-electron chi connectivity index (χ3n) is 7.59. The fourth-order valence-corrected chi connectivity index (χ4v) is 5.21. The number of rotatable bonds is 4. The van der Waals surface area contributed by atoms with Crippen molar-refractivity contribution >= 4 is 17.0 Å². The van der Waals surface area contributed by atoms with Crippen molar-refractivity contribution in [2.24, 2.45) is 0 Å². The number of nitrogens with one attached hydrogen (secondary N) is 1. The summed E-state index contributed by atoms with van der Waals surface area (Å²) >= 11 is 0. The number of nitrogens with zero attached hydrogens (tertiary/aromatic N) is 4. The summed E-state index contributed by atoms with van der Waals surface area (Å²) in [6.07, 6.45) is 8.19. The second-order valence-electron chi connectivity index (χ2n) is 10.2.